The lowest BCUT2D eigenvalue weighted by Crippen LogP contribution is -2.53. The molecule has 0 saturated carbocycles. The first-order valence-corrected chi connectivity index (χ1v) is 13.2. The number of ether oxygens (including phenoxy) is 4. The van der Waals surface area contributed by atoms with Crippen molar-refractivity contribution in [2.45, 2.75) is 75.6 Å². The van der Waals surface area contributed by atoms with Crippen LogP contribution in [0.4, 0.5) is 0 Å². The zero-order chi connectivity index (χ0) is 27.0. The van der Waals surface area contributed by atoms with E-state index >= 15 is 0 Å². The van der Waals surface area contributed by atoms with E-state index in [-0.39, 0.29) is 4.92 Å². The van der Waals surface area contributed by atoms with Crippen molar-refractivity contribution in [1.82, 2.24) is 5.06 Å². The first-order chi connectivity index (χ1) is 18.9. The third-order valence-corrected chi connectivity index (χ3v) is 7.44. The molecule has 3 aromatic carbocycles. The monoisotopic (exact) mass is 532 g/mol. The van der Waals surface area contributed by atoms with Crippen LogP contribution in [0.15, 0.2) is 91.0 Å². The van der Waals surface area contributed by atoms with Gasteiger partial charge in [-0.1, -0.05) is 91.0 Å². The van der Waals surface area contributed by atoms with Crippen LogP contribution in [0.5, 0.6) is 0 Å². The average Bonchev–Trinajstić information content (AvgIpc) is 3.56. The van der Waals surface area contributed by atoms with E-state index in [2.05, 4.69) is 0 Å². The maximum Gasteiger partial charge on any atom is 0.265 e. The van der Waals surface area contributed by atoms with E-state index < -0.39 is 48.6 Å². The summed E-state index contributed by atoms with van der Waals surface area (Å²) >= 11 is 0. The van der Waals surface area contributed by atoms with Gasteiger partial charge in [0.1, 0.15) is 24.4 Å². The van der Waals surface area contributed by atoms with Crippen molar-refractivity contribution in [3.63, 3.8) is 0 Å². The summed E-state index contributed by atoms with van der Waals surface area (Å²) in [5, 5.41) is 14.4. The van der Waals surface area contributed by atoms with Gasteiger partial charge in [-0.05, 0) is 30.5 Å². The zero-order valence-corrected chi connectivity index (χ0v) is 21.9. The molecule has 3 fully saturated rings. The topological polar surface area (TPSA) is 92.5 Å². The summed E-state index contributed by atoms with van der Waals surface area (Å²) in [4.78, 5) is 18.9. The van der Waals surface area contributed by atoms with Gasteiger partial charge in [0.15, 0.2) is 18.2 Å². The average molecular weight is 533 g/mol. The second-order valence-corrected chi connectivity index (χ2v) is 10.6. The van der Waals surface area contributed by atoms with Gasteiger partial charge in [-0.15, -0.1) is 0 Å². The van der Waals surface area contributed by atoms with Crippen molar-refractivity contribution in [3.05, 3.63) is 118 Å². The molecule has 0 bridgehead atoms. The number of hydroxylamine groups is 2. The molecule has 3 aromatic rings. The molecule has 0 aromatic heterocycles. The normalized spacial score (nSPS) is 31.8. The fraction of sp³-hybridized carbons (Fsp3) is 0.400. The Morgan fingerprint density at radius 3 is 2.13 bits per heavy atom. The molecule has 3 aliphatic rings. The van der Waals surface area contributed by atoms with Crippen LogP contribution in [-0.2, 0) is 36.9 Å². The van der Waals surface area contributed by atoms with Gasteiger partial charge in [0.05, 0.1) is 6.61 Å². The van der Waals surface area contributed by atoms with E-state index in [0.29, 0.717) is 13.2 Å². The summed E-state index contributed by atoms with van der Waals surface area (Å²) in [6.45, 7) is 4.29. The van der Waals surface area contributed by atoms with Gasteiger partial charge in [0, 0.05) is 11.5 Å². The zero-order valence-electron chi connectivity index (χ0n) is 21.9. The van der Waals surface area contributed by atoms with Gasteiger partial charge in [0.25, 0.3) is 6.04 Å². The summed E-state index contributed by atoms with van der Waals surface area (Å²) < 4.78 is 25.2. The fourth-order valence-electron chi connectivity index (χ4n) is 5.76. The number of nitro groups is 1. The van der Waals surface area contributed by atoms with Crippen molar-refractivity contribution < 1.29 is 28.7 Å². The lowest BCUT2D eigenvalue weighted by molar-refractivity contribution is -0.533. The van der Waals surface area contributed by atoms with Gasteiger partial charge in [-0.25, -0.2) is 0 Å². The number of hydrogen-bond acceptors (Lipinski definition) is 8. The maximum atomic E-state index is 12.7. The van der Waals surface area contributed by atoms with Crippen LogP contribution in [0.2, 0.25) is 0 Å². The highest BCUT2D eigenvalue weighted by atomic mass is 16.8. The van der Waals surface area contributed by atoms with Gasteiger partial charge in [0.2, 0.25) is 0 Å². The highest BCUT2D eigenvalue weighted by molar-refractivity contribution is 5.22. The summed E-state index contributed by atoms with van der Waals surface area (Å²) in [5.74, 6) is -0.861. The van der Waals surface area contributed by atoms with Gasteiger partial charge in [-0.2, -0.15) is 5.06 Å². The lowest BCUT2D eigenvalue weighted by Gasteiger charge is -2.32. The highest BCUT2D eigenvalue weighted by Gasteiger charge is 2.64. The Balaban J connectivity index is 1.36. The summed E-state index contributed by atoms with van der Waals surface area (Å²) in [6.07, 6.45) is -3.43. The van der Waals surface area contributed by atoms with E-state index in [1.54, 1.807) is 5.06 Å². The molecule has 0 N–H and O–H groups in total. The second kappa shape index (κ2) is 10.8. The van der Waals surface area contributed by atoms with Crippen molar-refractivity contribution in [1.29, 1.82) is 0 Å². The van der Waals surface area contributed by atoms with Gasteiger partial charge >= 0.3 is 0 Å². The first-order valence-electron chi connectivity index (χ1n) is 13.2. The van der Waals surface area contributed by atoms with Gasteiger partial charge < -0.3 is 18.9 Å². The minimum absolute atomic E-state index is 0.259. The quantitative estimate of drug-likeness (QED) is 0.306. The van der Waals surface area contributed by atoms with Crippen LogP contribution in [0.3, 0.4) is 0 Å². The van der Waals surface area contributed by atoms with Crippen LogP contribution < -0.4 is 0 Å². The fourth-order valence-corrected chi connectivity index (χ4v) is 5.76. The summed E-state index contributed by atoms with van der Waals surface area (Å²) in [5.41, 5.74) is 2.68. The highest BCUT2D eigenvalue weighted by Crippen LogP contribution is 2.46. The van der Waals surface area contributed by atoms with Crippen LogP contribution in [0.1, 0.15) is 36.6 Å². The Hall–Kier alpha value is -3.18. The molecule has 39 heavy (non-hydrogen) atoms. The molecule has 0 amide bonds. The number of benzene rings is 3. The van der Waals surface area contributed by atoms with Crippen LogP contribution in [-0.4, -0.2) is 52.5 Å². The third-order valence-electron chi connectivity index (χ3n) is 7.44. The molecule has 0 spiro atoms. The lowest BCUT2D eigenvalue weighted by atomic mass is 9.91. The molecule has 0 unspecified atom stereocenters. The van der Waals surface area contributed by atoms with E-state index in [4.69, 9.17) is 23.8 Å². The van der Waals surface area contributed by atoms with E-state index in [9.17, 15) is 10.1 Å². The molecule has 9 nitrogen and oxygen atoms in total. The summed E-state index contributed by atoms with van der Waals surface area (Å²) in [6, 6.07) is 27.0. The molecule has 7 atom stereocenters. The van der Waals surface area contributed by atoms with Crippen molar-refractivity contribution >= 4 is 0 Å². The van der Waals surface area contributed by atoms with Crippen molar-refractivity contribution in [2.75, 3.05) is 0 Å². The second-order valence-electron chi connectivity index (χ2n) is 10.6. The largest absolute Gasteiger partial charge is 0.368 e. The number of fused-ring (bicyclic) bond motifs is 1. The molecule has 3 saturated heterocycles. The molecule has 9 heteroatoms. The molecule has 0 radical (unpaired) electrons. The maximum absolute atomic E-state index is 12.7. The van der Waals surface area contributed by atoms with Crippen molar-refractivity contribution in [3.8, 4) is 0 Å². The number of rotatable bonds is 8. The minimum Gasteiger partial charge on any atom is -0.368 e. The Kier molecular flexibility index (Phi) is 7.20. The molecule has 204 valence electrons. The Labute approximate surface area is 227 Å². The number of hydrogen-bond donors (Lipinski definition) is 0. The SMILES string of the molecule is CC1(C)O[C@H]2O[C@H]([C@H]3[C@@H]([N+](=O)[O-])[C@H](c4ccccc4)ON3Cc3ccccc3)[C@@H](OCc3ccccc3)[C@H]2O1. The van der Waals surface area contributed by atoms with Gasteiger partial charge in [-0.3, -0.25) is 15.0 Å². The van der Waals surface area contributed by atoms with E-state index in [1.807, 2.05) is 105 Å². The Bertz CT molecular complexity index is 1260. The molecule has 3 heterocycles. The van der Waals surface area contributed by atoms with Crippen LogP contribution in [0.25, 0.3) is 0 Å². The minimum atomic E-state index is -1.12. The third kappa shape index (κ3) is 5.34. The number of nitrogens with zero attached hydrogens (tertiary/aromatic N) is 2. The van der Waals surface area contributed by atoms with Crippen LogP contribution >= 0.6 is 0 Å². The Morgan fingerprint density at radius 1 is 0.872 bits per heavy atom. The van der Waals surface area contributed by atoms with E-state index in [0.717, 1.165) is 16.7 Å². The molecule has 0 aliphatic carbocycles. The molecule has 3 aliphatic heterocycles. The van der Waals surface area contributed by atoms with Crippen LogP contribution in [0, 0.1) is 10.1 Å². The molecular weight excluding hydrogens is 500 g/mol. The van der Waals surface area contributed by atoms with Crippen molar-refractivity contribution in [2.24, 2.45) is 0 Å². The molecular formula is C30H32N2O7. The Morgan fingerprint density at radius 2 is 1.49 bits per heavy atom. The van der Waals surface area contributed by atoms with E-state index in [1.165, 1.54) is 0 Å². The summed E-state index contributed by atoms with van der Waals surface area (Å²) in [7, 11) is 0. The molecule has 6 rings (SSSR count). The standard InChI is InChI=1S/C30H32N2O7/c1-30(2)37-28-27(35-19-21-14-8-4-9-15-21)26(36-29(28)38-30)23-24(32(33)34)25(22-16-10-5-11-17-22)39-31(23)18-20-12-6-3-7-13-20/h3-17,23-29H,18-19H2,1-2H3/t23-,24-,25+,26-,27-,28-,29-/m1/s1. The first kappa shape index (κ1) is 26.1. The smallest absolute Gasteiger partial charge is 0.265 e. The predicted molar refractivity (Wildman–Crippen MR) is 141 cm³/mol. The predicted octanol–water partition coefficient (Wildman–Crippen LogP) is 4.65.